The maximum atomic E-state index is 13.7. The molecule has 110 valence electrons. The molecule has 0 heterocycles. The summed E-state index contributed by atoms with van der Waals surface area (Å²) in [5.41, 5.74) is -0.113. The molecule has 1 rings (SSSR count). The van der Waals surface area contributed by atoms with Crippen LogP contribution in [0.1, 0.15) is 23.7 Å². The third kappa shape index (κ3) is 4.20. The van der Waals surface area contributed by atoms with Crippen LogP contribution in [0.15, 0.2) is 18.2 Å². The van der Waals surface area contributed by atoms with Gasteiger partial charge in [0.1, 0.15) is 12.4 Å². The van der Waals surface area contributed by atoms with Crippen LogP contribution < -0.4 is 0 Å². The van der Waals surface area contributed by atoms with Gasteiger partial charge in [-0.2, -0.15) is 0 Å². The Morgan fingerprint density at radius 1 is 1.30 bits per heavy atom. The Kier molecular flexibility index (Phi) is 5.95. The van der Waals surface area contributed by atoms with Crippen molar-refractivity contribution in [3.63, 3.8) is 0 Å². The number of amides is 2. The van der Waals surface area contributed by atoms with Gasteiger partial charge in [-0.15, -0.1) is 0 Å². The maximum Gasteiger partial charge on any atom is 0.257 e. The summed E-state index contributed by atoms with van der Waals surface area (Å²) in [6.45, 7) is 2.19. The van der Waals surface area contributed by atoms with Gasteiger partial charge in [0.15, 0.2) is 0 Å². The molecule has 0 aliphatic rings. The van der Waals surface area contributed by atoms with Crippen molar-refractivity contribution in [2.24, 2.45) is 0 Å². The van der Waals surface area contributed by atoms with Gasteiger partial charge in [0.05, 0.1) is 5.56 Å². The van der Waals surface area contributed by atoms with Crippen molar-refractivity contribution in [3.8, 4) is 0 Å². The fourth-order valence-electron chi connectivity index (χ4n) is 1.66. The van der Waals surface area contributed by atoms with Crippen molar-refractivity contribution < 1.29 is 14.0 Å². The number of rotatable bonds is 5. The van der Waals surface area contributed by atoms with Crippen LogP contribution in [0.4, 0.5) is 4.39 Å². The third-order valence-electron chi connectivity index (χ3n) is 2.76. The largest absolute Gasteiger partial charge is 0.347 e. The molecule has 4 nitrogen and oxygen atoms in total. The van der Waals surface area contributed by atoms with E-state index in [4.69, 9.17) is 11.6 Å². The lowest BCUT2D eigenvalue weighted by atomic mass is 10.1. The van der Waals surface area contributed by atoms with Gasteiger partial charge < -0.3 is 9.80 Å². The van der Waals surface area contributed by atoms with Gasteiger partial charge in [-0.3, -0.25) is 9.59 Å². The monoisotopic (exact) mass is 300 g/mol. The highest BCUT2D eigenvalue weighted by Crippen LogP contribution is 2.17. The zero-order valence-corrected chi connectivity index (χ0v) is 12.6. The average Bonchev–Trinajstić information content (AvgIpc) is 2.40. The van der Waals surface area contributed by atoms with Crippen molar-refractivity contribution in [1.29, 1.82) is 0 Å². The number of halogens is 2. The molecule has 0 bridgehead atoms. The molecule has 2 amide bonds. The van der Waals surface area contributed by atoms with E-state index in [1.807, 2.05) is 6.92 Å². The summed E-state index contributed by atoms with van der Waals surface area (Å²) in [7, 11) is 3.22. The molecule has 0 aromatic heterocycles. The van der Waals surface area contributed by atoms with Crippen LogP contribution in [-0.2, 0) is 4.79 Å². The number of nitrogens with zero attached hydrogens (tertiary/aromatic N) is 2. The molecule has 0 saturated heterocycles. The van der Waals surface area contributed by atoms with Crippen LogP contribution in [0.2, 0.25) is 5.02 Å². The van der Waals surface area contributed by atoms with Crippen molar-refractivity contribution in [2.75, 3.05) is 27.2 Å². The van der Waals surface area contributed by atoms with Crippen LogP contribution in [-0.4, -0.2) is 48.8 Å². The Morgan fingerprint density at radius 3 is 2.50 bits per heavy atom. The van der Waals surface area contributed by atoms with Crippen LogP contribution in [0.3, 0.4) is 0 Å². The summed E-state index contributed by atoms with van der Waals surface area (Å²) in [4.78, 5) is 26.8. The average molecular weight is 301 g/mol. The van der Waals surface area contributed by atoms with E-state index in [9.17, 15) is 14.0 Å². The topological polar surface area (TPSA) is 40.6 Å². The van der Waals surface area contributed by atoms with Gasteiger partial charge in [-0.1, -0.05) is 18.5 Å². The summed E-state index contributed by atoms with van der Waals surface area (Å²) in [5, 5.41) is 0.283. The van der Waals surface area contributed by atoms with Gasteiger partial charge in [0, 0.05) is 25.7 Å². The predicted molar refractivity (Wildman–Crippen MR) is 76.3 cm³/mol. The Labute approximate surface area is 123 Å². The van der Waals surface area contributed by atoms with Gasteiger partial charge >= 0.3 is 0 Å². The third-order valence-corrected chi connectivity index (χ3v) is 3.00. The lowest BCUT2D eigenvalue weighted by molar-refractivity contribution is -0.129. The fraction of sp³-hybridized carbons (Fsp3) is 0.429. The van der Waals surface area contributed by atoms with E-state index < -0.39 is 11.7 Å². The molecule has 1 aromatic rings. The molecule has 20 heavy (non-hydrogen) atoms. The van der Waals surface area contributed by atoms with Crippen LogP contribution in [0.5, 0.6) is 0 Å². The van der Waals surface area contributed by atoms with Crippen molar-refractivity contribution >= 4 is 23.4 Å². The first-order valence-electron chi connectivity index (χ1n) is 6.31. The lowest BCUT2D eigenvalue weighted by Crippen LogP contribution is -2.41. The first-order chi connectivity index (χ1) is 9.36. The fourth-order valence-corrected chi connectivity index (χ4v) is 1.83. The lowest BCUT2D eigenvalue weighted by Gasteiger charge is -2.23. The quantitative estimate of drug-likeness (QED) is 0.838. The molecule has 0 saturated carbocycles. The smallest absolute Gasteiger partial charge is 0.257 e. The van der Waals surface area contributed by atoms with E-state index in [1.165, 1.54) is 21.9 Å². The molecule has 0 aliphatic carbocycles. The number of carbonyl (C=O) groups is 2. The minimum atomic E-state index is -0.641. The first kappa shape index (κ1) is 16.4. The van der Waals surface area contributed by atoms with Crippen molar-refractivity contribution in [1.82, 2.24) is 9.80 Å². The zero-order chi connectivity index (χ0) is 15.3. The Bertz CT molecular complexity index is 506. The van der Waals surface area contributed by atoms with Gasteiger partial charge in [-0.05, 0) is 24.6 Å². The minimum absolute atomic E-state index is 0.0778. The van der Waals surface area contributed by atoms with E-state index in [1.54, 1.807) is 14.1 Å². The highest BCUT2D eigenvalue weighted by molar-refractivity contribution is 6.31. The molecule has 6 heteroatoms. The number of benzene rings is 1. The number of hydrogen-bond acceptors (Lipinski definition) is 2. The molecule has 0 unspecified atom stereocenters. The van der Waals surface area contributed by atoms with E-state index in [0.717, 1.165) is 6.07 Å². The summed E-state index contributed by atoms with van der Waals surface area (Å²) in [6, 6.07) is 3.80. The number of likely N-dealkylation sites (N-methyl/N-ethyl adjacent to an activating group) is 1. The summed E-state index contributed by atoms with van der Waals surface area (Å²) < 4.78 is 13.7. The predicted octanol–water partition coefficient (Wildman–Crippen LogP) is 2.42. The normalized spacial score (nSPS) is 10.2. The highest BCUT2D eigenvalue weighted by atomic mass is 35.5. The molecule has 0 aliphatic heterocycles. The molecular weight excluding hydrogens is 283 g/mol. The van der Waals surface area contributed by atoms with E-state index in [0.29, 0.717) is 13.0 Å². The Morgan fingerprint density at radius 2 is 1.95 bits per heavy atom. The van der Waals surface area contributed by atoms with Crippen molar-refractivity contribution in [3.05, 3.63) is 34.6 Å². The SMILES string of the molecule is CCCN(CC(=O)N(C)C)C(=O)c1cc(Cl)ccc1F. The molecule has 1 aromatic carbocycles. The van der Waals surface area contributed by atoms with E-state index in [-0.39, 0.29) is 23.0 Å². The van der Waals surface area contributed by atoms with E-state index in [2.05, 4.69) is 0 Å². The molecule has 0 N–H and O–H groups in total. The highest BCUT2D eigenvalue weighted by Gasteiger charge is 2.21. The number of carbonyl (C=O) groups excluding carboxylic acids is 2. The standard InChI is InChI=1S/C14H18ClFN2O2/c1-4-7-18(9-13(19)17(2)3)14(20)11-8-10(15)5-6-12(11)16/h5-6,8H,4,7,9H2,1-3H3. The second kappa shape index (κ2) is 7.24. The summed E-state index contributed by atoms with van der Waals surface area (Å²) in [5.74, 6) is -1.38. The first-order valence-corrected chi connectivity index (χ1v) is 6.69. The zero-order valence-electron chi connectivity index (χ0n) is 11.8. The summed E-state index contributed by atoms with van der Waals surface area (Å²) in [6.07, 6.45) is 0.675. The van der Waals surface area contributed by atoms with Crippen LogP contribution >= 0.6 is 11.6 Å². The second-order valence-electron chi connectivity index (χ2n) is 4.64. The van der Waals surface area contributed by atoms with Gasteiger partial charge in [0.25, 0.3) is 5.91 Å². The molecular formula is C14H18ClFN2O2. The minimum Gasteiger partial charge on any atom is -0.347 e. The number of hydrogen-bond donors (Lipinski definition) is 0. The van der Waals surface area contributed by atoms with Crippen LogP contribution in [0, 0.1) is 5.82 Å². The van der Waals surface area contributed by atoms with Gasteiger partial charge in [0.2, 0.25) is 5.91 Å². The molecule has 0 radical (unpaired) electrons. The maximum absolute atomic E-state index is 13.7. The molecule has 0 spiro atoms. The second-order valence-corrected chi connectivity index (χ2v) is 5.08. The van der Waals surface area contributed by atoms with Crippen molar-refractivity contribution in [2.45, 2.75) is 13.3 Å². The van der Waals surface area contributed by atoms with E-state index >= 15 is 0 Å². The Hall–Kier alpha value is -1.62. The molecule has 0 fully saturated rings. The summed E-state index contributed by atoms with van der Waals surface area (Å²) >= 11 is 5.79. The van der Waals surface area contributed by atoms with Crippen LogP contribution in [0.25, 0.3) is 0 Å². The van der Waals surface area contributed by atoms with Gasteiger partial charge in [-0.25, -0.2) is 4.39 Å². The molecule has 0 atom stereocenters. The Balaban J connectivity index is 2.99.